The van der Waals surface area contributed by atoms with Crippen molar-refractivity contribution >= 4 is 23.4 Å². The van der Waals surface area contributed by atoms with Gasteiger partial charge in [-0.05, 0) is 55.0 Å². The third-order valence-corrected chi connectivity index (χ3v) is 7.16. The molecule has 34 heavy (non-hydrogen) atoms. The first-order chi connectivity index (χ1) is 16.6. The van der Waals surface area contributed by atoms with Crippen molar-refractivity contribution in [1.29, 1.82) is 0 Å². The second kappa shape index (κ2) is 12.2. The fourth-order valence-corrected chi connectivity index (χ4v) is 5.17. The van der Waals surface area contributed by atoms with Gasteiger partial charge in [-0.2, -0.15) is 0 Å². The van der Waals surface area contributed by atoms with Crippen molar-refractivity contribution in [2.45, 2.75) is 38.1 Å². The summed E-state index contributed by atoms with van der Waals surface area (Å²) in [6, 6.07) is 17.1. The van der Waals surface area contributed by atoms with Crippen molar-refractivity contribution in [3.63, 3.8) is 0 Å². The molecule has 2 aliphatic rings. The first-order valence-electron chi connectivity index (χ1n) is 12.3. The maximum Gasteiger partial charge on any atom is 0.260 e. The number of hydrogen-bond acceptors (Lipinski definition) is 4. The van der Waals surface area contributed by atoms with Crippen molar-refractivity contribution in [1.82, 2.24) is 15.1 Å². The summed E-state index contributed by atoms with van der Waals surface area (Å²) in [5.74, 6) is 1.13. The molecule has 0 unspecified atom stereocenters. The zero-order valence-electron chi connectivity index (χ0n) is 19.6. The Kier molecular flexibility index (Phi) is 8.83. The summed E-state index contributed by atoms with van der Waals surface area (Å²) < 4.78 is 5.62. The summed E-state index contributed by atoms with van der Waals surface area (Å²) >= 11 is 5.90. The summed E-state index contributed by atoms with van der Waals surface area (Å²) in [4.78, 5) is 30.0. The summed E-state index contributed by atoms with van der Waals surface area (Å²) in [5, 5.41) is 3.83. The molecule has 2 aromatic carbocycles. The molecule has 6 nitrogen and oxygen atoms in total. The lowest BCUT2D eigenvalue weighted by atomic mass is 9.95. The minimum absolute atomic E-state index is 0.00760. The van der Waals surface area contributed by atoms with Gasteiger partial charge in [0.05, 0.1) is 6.04 Å². The van der Waals surface area contributed by atoms with Crippen LogP contribution in [-0.2, 0) is 16.0 Å². The van der Waals surface area contributed by atoms with Crippen molar-refractivity contribution in [2.75, 3.05) is 39.3 Å². The number of piperazine rings is 1. The van der Waals surface area contributed by atoms with E-state index in [9.17, 15) is 9.59 Å². The van der Waals surface area contributed by atoms with Crippen LogP contribution in [0.3, 0.4) is 0 Å². The molecular weight excluding hydrogens is 450 g/mol. The second-order valence-corrected chi connectivity index (χ2v) is 9.61. The Hall–Kier alpha value is -2.57. The van der Waals surface area contributed by atoms with Crippen LogP contribution in [0.15, 0.2) is 54.6 Å². The van der Waals surface area contributed by atoms with Crippen molar-refractivity contribution in [2.24, 2.45) is 5.92 Å². The molecule has 1 saturated heterocycles. The van der Waals surface area contributed by atoms with Crippen molar-refractivity contribution < 1.29 is 14.3 Å². The van der Waals surface area contributed by atoms with E-state index in [0.29, 0.717) is 49.4 Å². The molecule has 2 fully saturated rings. The van der Waals surface area contributed by atoms with Gasteiger partial charge in [0.25, 0.3) is 5.91 Å². The minimum atomic E-state index is -0.110. The number of hydrogen-bond donors (Lipinski definition) is 1. The van der Waals surface area contributed by atoms with E-state index in [-0.39, 0.29) is 24.5 Å². The van der Waals surface area contributed by atoms with Gasteiger partial charge in [0, 0.05) is 37.7 Å². The molecular formula is C27H34ClN3O3. The van der Waals surface area contributed by atoms with Crippen LogP contribution in [0.2, 0.25) is 5.02 Å². The average molecular weight is 484 g/mol. The molecule has 2 aromatic rings. The number of rotatable bonds is 9. The highest BCUT2D eigenvalue weighted by atomic mass is 35.5. The third kappa shape index (κ3) is 6.73. The number of nitrogens with zero attached hydrogens (tertiary/aromatic N) is 2. The largest absolute Gasteiger partial charge is 0.484 e. The smallest absolute Gasteiger partial charge is 0.260 e. The molecule has 0 aromatic heterocycles. The molecule has 1 aliphatic carbocycles. The SMILES string of the molecule is O=C(NCCc1ccccc1)[C@H](C1CCCC1)N1CCN(C(=O)COc2ccc(Cl)cc2)CC1. The Morgan fingerprint density at radius 3 is 2.32 bits per heavy atom. The quantitative estimate of drug-likeness (QED) is 0.589. The summed E-state index contributed by atoms with van der Waals surface area (Å²) in [7, 11) is 0. The van der Waals surface area contributed by atoms with Crippen LogP contribution in [0.25, 0.3) is 0 Å². The zero-order valence-corrected chi connectivity index (χ0v) is 20.4. The van der Waals surface area contributed by atoms with Gasteiger partial charge in [-0.1, -0.05) is 54.8 Å². The summed E-state index contributed by atoms with van der Waals surface area (Å²) in [6.07, 6.45) is 5.42. The molecule has 1 N–H and O–H groups in total. The fourth-order valence-electron chi connectivity index (χ4n) is 5.05. The van der Waals surface area contributed by atoms with E-state index >= 15 is 0 Å². The van der Waals surface area contributed by atoms with Crippen LogP contribution in [-0.4, -0.2) is 67.0 Å². The molecule has 1 saturated carbocycles. The Balaban J connectivity index is 1.27. The lowest BCUT2D eigenvalue weighted by Crippen LogP contribution is -2.58. The number of nitrogens with one attached hydrogen (secondary N) is 1. The molecule has 2 amide bonds. The summed E-state index contributed by atoms with van der Waals surface area (Å²) in [6.45, 7) is 3.30. The van der Waals surface area contributed by atoms with Crippen molar-refractivity contribution in [3.8, 4) is 5.75 Å². The van der Waals surface area contributed by atoms with E-state index in [0.717, 1.165) is 19.3 Å². The first kappa shape index (κ1) is 24.6. The third-order valence-electron chi connectivity index (χ3n) is 6.91. The lowest BCUT2D eigenvalue weighted by molar-refractivity contribution is -0.137. The lowest BCUT2D eigenvalue weighted by Gasteiger charge is -2.40. The van der Waals surface area contributed by atoms with Gasteiger partial charge in [-0.25, -0.2) is 0 Å². The maximum absolute atomic E-state index is 13.3. The van der Waals surface area contributed by atoms with Crippen LogP contribution in [0.1, 0.15) is 31.2 Å². The van der Waals surface area contributed by atoms with E-state index in [2.05, 4.69) is 22.3 Å². The summed E-state index contributed by atoms with van der Waals surface area (Å²) in [5.41, 5.74) is 1.23. The topological polar surface area (TPSA) is 61.9 Å². The van der Waals surface area contributed by atoms with Crippen LogP contribution >= 0.6 is 11.6 Å². The van der Waals surface area contributed by atoms with Crippen LogP contribution in [0.5, 0.6) is 5.75 Å². The highest BCUT2D eigenvalue weighted by Gasteiger charge is 2.37. The van der Waals surface area contributed by atoms with Crippen molar-refractivity contribution in [3.05, 3.63) is 65.2 Å². The Bertz CT molecular complexity index is 924. The van der Waals surface area contributed by atoms with Gasteiger partial charge in [-0.15, -0.1) is 0 Å². The zero-order chi connectivity index (χ0) is 23.8. The van der Waals surface area contributed by atoms with E-state index < -0.39 is 0 Å². The minimum Gasteiger partial charge on any atom is -0.484 e. The molecule has 1 atom stereocenters. The van der Waals surface area contributed by atoms with Gasteiger partial charge in [0.15, 0.2) is 6.61 Å². The van der Waals surface area contributed by atoms with Crippen LogP contribution in [0.4, 0.5) is 0 Å². The van der Waals surface area contributed by atoms with Crippen LogP contribution in [0, 0.1) is 5.92 Å². The second-order valence-electron chi connectivity index (χ2n) is 9.18. The highest BCUT2D eigenvalue weighted by Crippen LogP contribution is 2.31. The van der Waals surface area contributed by atoms with Gasteiger partial charge in [0.2, 0.25) is 5.91 Å². The predicted octanol–water partition coefficient (Wildman–Crippen LogP) is 3.78. The highest BCUT2D eigenvalue weighted by molar-refractivity contribution is 6.30. The Morgan fingerprint density at radius 2 is 1.65 bits per heavy atom. The number of ether oxygens (including phenoxy) is 1. The molecule has 182 valence electrons. The number of halogens is 1. The monoisotopic (exact) mass is 483 g/mol. The number of carbonyl (C=O) groups excluding carboxylic acids is 2. The first-order valence-corrected chi connectivity index (χ1v) is 12.7. The van der Waals surface area contributed by atoms with E-state index in [1.54, 1.807) is 24.3 Å². The normalized spacial score (nSPS) is 18.0. The molecule has 7 heteroatoms. The molecule has 0 spiro atoms. The van der Waals surface area contributed by atoms with E-state index in [4.69, 9.17) is 16.3 Å². The fraction of sp³-hybridized carbons (Fsp3) is 0.481. The predicted molar refractivity (Wildman–Crippen MR) is 134 cm³/mol. The van der Waals surface area contributed by atoms with Gasteiger partial charge >= 0.3 is 0 Å². The molecule has 1 aliphatic heterocycles. The maximum atomic E-state index is 13.3. The van der Waals surface area contributed by atoms with Gasteiger partial charge in [-0.3, -0.25) is 14.5 Å². The average Bonchev–Trinajstić information content (AvgIpc) is 3.39. The van der Waals surface area contributed by atoms with Crippen LogP contribution < -0.4 is 10.1 Å². The van der Waals surface area contributed by atoms with E-state index in [1.165, 1.54) is 18.4 Å². The van der Waals surface area contributed by atoms with E-state index in [1.807, 2.05) is 23.1 Å². The molecule has 0 radical (unpaired) electrons. The number of benzene rings is 2. The van der Waals surface area contributed by atoms with Gasteiger partial charge < -0.3 is 15.0 Å². The molecule has 0 bridgehead atoms. The Labute approximate surface area is 207 Å². The number of carbonyl (C=O) groups is 2. The Morgan fingerprint density at radius 1 is 0.971 bits per heavy atom. The molecule has 4 rings (SSSR count). The molecule has 1 heterocycles. The number of amides is 2. The van der Waals surface area contributed by atoms with Gasteiger partial charge in [0.1, 0.15) is 5.75 Å². The standard InChI is InChI=1S/C27H34ClN3O3/c28-23-10-12-24(13-11-23)34-20-25(32)30-16-18-31(19-17-30)26(22-8-4-5-9-22)27(33)29-15-14-21-6-2-1-3-7-21/h1-3,6-7,10-13,22,26H,4-5,8-9,14-20H2,(H,29,33)/t26-/m0/s1.